The van der Waals surface area contributed by atoms with Crippen molar-refractivity contribution in [3.8, 4) is 0 Å². The molecule has 0 aromatic carbocycles. The molecule has 2 aliphatic carbocycles. The molecule has 3 rings (SSSR count). The van der Waals surface area contributed by atoms with Crippen molar-refractivity contribution in [1.82, 2.24) is 9.47 Å². The molecule has 1 amide bonds. The van der Waals surface area contributed by atoms with Crippen LogP contribution in [0.3, 0.4) is 0 Å². The Balaban J connectivity index is 1.92. The third-order valence-corrected chi connectivity index (χ3v) is 5.56. The van der Waals surface area contributed by atoms with E-state index in [0.29, 0.717) is 16.8 Å². The molecule has 0 radical (unpaired) electrons. The van der Waals surface area contributed by atoms with Crippen LogP contribution in [0.1, 0.15) is 71.6 Å². The van der Waals surface area contributed by atoms with Crippen LogP contribution in [0.5, 0.6) is 0 Å². The van der Waals surface area contributed by atoms with E-state index in [0.717, 1.165) is 31.4 Å². The third kappa shape index (κ3) is 3.17. The van der Waals surface area contributed by atoms with Crippen molar-refractivity contribution in [2.75, 3.05) is 6.61 Å². The predicted octanol–water partition coefficient (Wildman–Crippen LogP) is 2.79. The van der Waals surface area contributed by atoms with Crippen LogP contribution < -0.4 is 0 Å². The van der Waals surface area contributed by atoms with Crippen molar-refractivity contribution in [2.45, 2.75) is 65.5 Å². The molecule has 0 N–H and O–H groups in total. The highest BCUT2D eigenvalue weighted by atomic mass is 16.5. The minimum Gasteiger partial charge on any atom is -0.461 e. The molecule has 6 heteroatoms. The molecule has 0 bridgehead atoms. The lowest BCUT2D eigenvalue weighted by Gasteiger charge is -2.29. The van der Waals surface area contributed by atoms with E-state index in [1.54, 1.807) is 30.4 Å². The Morgan fingerprint density at radius 1 is 1.19 bits per heavy atom. The minimum atomic E-state index is -0.509. The smallest absolute Gasteiger partial charge is 0.355 e. The topological polar surface area (TPSA) is 68.6 Å². The highest BCUT2D eigenvalue weighted by Gasteiger charge is 2.44. The summed E-state index contributed by atoms with van der Waals surface area (Å²) in [5.41, 5.74) is 2.32. The van der Waals surface area contributed by atoms with Gasteiger partial charge >= 0.3 is 5.97 Å². The van der Waals surface area contributed by atoms with Gasteiger partial charge in [-0.15, -0.1) is 0 Å². The van der Waals surface area contributed by atoms with Gasteiger partial charge in [0, 0.05) is 30.3 Å². The maximum absolute atomic E-state index is 13.3. The number of nitrogens with zero attached hydrogens (tertiary/aromatic N) is 2. The summed E-state index contributed by atoms with van der Waals surface area (Å²) in [6.45, 7) is 7.47. The monoisotopic (exact) mass is 360 g/mol. The van der Waals surface area contributed by atoms with E-state index >= 15 is 0 Å². The van der Waals surface area contributed by atoms with Crippen LogP contribution in [0.15, 0.2) is 0 Å². The van der Waals surface area contributed by atoms with Gasteiger partial charge in [0.2, 0.25) is 5.91 Å². The first kappa shape index (κ1) is 18.7. The van der Waals surface area contributed by atoms with E-state index in [2.05, 4.69) is 0 Å². The SMILES string of the molecule is CCOC(=O)c1c(C)c(C(=O)C(C)N(C(=O)C2CC2)C2CC2)c(C)n1C. The maximum atomic E-state index is 13.3. The van der Waals surface area contributed by atoms with Crippen molar-refractivity contribution < 1.29 is 19.1 Å². The summed E-state index contributed by atoms with van der Waals surface area (Å²) in [5, 5.41) is 0. The molecule has 1 unspecified atom stereocenters. The van der Waals surface area contributed by atoms with Gasteiger partial charge in [-0.05, 0) is 58.9 Å². The van der Waals surface area contributed by atoms with Gasteiger partial charge in [0.15, 0.2) is 5.78 Å². The average molecular weight is 360 g/mol. The highest BCUT2D eigenvalue weighted by molar-refractivity contribution is 6.06. The average Bonchev–Trinajstić information content (AvgIpc) is 3.46. The largest absolute Gasteiger partial charge is 0.461 e. The van der Waals surface area contributed by atoms with Crippen molar-refractivity contribution >= 4 is 17.7 Å². The Labute approximate surface area is 154 Å². The molecule has 0 aliphatic heterocycles. The van der Waals surface area contributed by atoms with Gasteiger partial charge in [0.05, 0.1) is 12.6 Å². The Morgan fingerprint density at radius 3 is 2.31 bits per heavy atom. The van der Waals surface area contributed by atoms with Crippen molar-refractivity contribution in [3.63, 3.8) is 0 Å². The number of Topliss-reactive ketones (excluding diaryl/α,β-unsaturated/α-hetero) is 1. The number of amides is 1. The zero-order valence-electron chi connectivity index (χ0n) is 16.3. The van der Waals surface area contributed by atoms with Gasteiger partial charge in [-0.2, -0.15) is 0 Å². The summed E-state index contributed by atoms with van der Waals surface area (Å²) in [5.74, 6) is -0.299. The van der Waals surface area contributed by atoms with E-state index in [-0.39, 0.29) is 30.3 Å². The van der Waals surface area contributed by atoms with Crippen LogP contribution in [0, 0.1) is 19.8 Å². The van der Waals surface area contributed by atoms with E-state index in [4.69, 9.17) is 4.74 Å². The molecule has 6 nitrogen and oxygen atoms in total. The molecule has 2 fully saturated rings. The van der Waals surface area contributed by atoms with E-state index in [1.807, 2.05) is 13.8 Å². The Kier molecular flexibility index (Phi) is 4.95. The van der Waals surface area contributed by atoms with Crippen LogP contribution in [0.2, 0.25) is 0 Å². The normalized spacial score (nSPS) is 17.7. The predicted molar refractivity (Wildman–Crippen MR) is 97.2 cm³/mol. The zero-order chi connectivity index (χ0) is 19.2. The number of carbonyl (C=O) groups excluding carboxylic acids is 3. The fraction of sp³-hybridized carbons (Fsp3) is 0.650. The van der Waals surface area contributed by atoms with Gasteiger partial charge in [0.1, 0.15) is 5.69 Å². The lowest BCUT2D eigenvalue weighted by Crippen LogP contribution is -2.45. The Morgan fingerprint density at radius 2 is 1.81 bits per heavy atom. The third-order valence-electron chi connectivity index (χ3n) is 5.56. The summed E-state index contributed by atoms with van der Waals surface area (Å²) in [4.78, 5) is 40.1. The van der Waals surface area contributed by atoms with Crippen LogP contribution in [-0.2, 0) is 16.6 Å². The zero-order valence-corrected chi connectivity index (χ0v) is 16.3. The van der Waals surface area contributed by atoms with Crippen molar-refractivity contribution in [2.24, 2.45) is 13.0 Å². The number of hydrogen-bond acceptors (Lipinski definition) is 4. The number of ketones is 1. The number of hydrogen-bond donors (Lipinski definition) is 0. The van der Waals surface area contributed by atoms with Gasteiger partial charge in [-0.3, -0.25) is 9.59 Å². The second kappa shape index (κ2) is 6.89. The molecule has 0 spiro atoms. The number of aromatic nitrogens is 1. The highest BCUT2D eigenvalue weighted by Crippen LogP contribution is 2.38. The Bertz CT molecular complexity index is 756. The molecule has 1 atom stereocenters. The quantitative estimate of drug-likeness (QED) is 0.554. The lowest BCUT2D eigenvalue weighted by molar-refractivity contribution is -0.134. The summed E-state index contributed by atoms with van der Waals surface area (Å²) in [6.07, 6.45) is 3.80. The first-order valence-corrected chi connectivity index (χ1v) is 9.48. The molecule has 0 saturated heterocycles. The summed E-state index contributed by atoms with van der Waals surface area (Å²) in [6, 6.07) is -0.318. The fourth-order valence-corrected chi connectivity index (χ4v) is 3.75. The fourth-order valence-electron chi connectivity index (χ4n) is 3.75. The molecule has 2 aliphatic rings. The number of esters is 1. The lowest BCUT2D eigenvalue weighted by atomic mass is 9.99. The molecule has 2 saturated carbocycles. The van der Waals surface area contributed by atoms with Crippen LogP contribution >= 0.6 is 0 Å². The van der Waals surface area contributed by atoms with Crippen LogP contribution in [-0.4, -0.2) is 45.8 Å². The van der Waals surface area contributed by atoms with Gasteiger partial charge in [0.25, 0.3) is 0 Å². The molecule has 1 aromatic heterocycles. The second-order valence-electron chi connectivity index (χ2n) is 7.50. The second-order valence-corrected chi connectivity index (χ2v) is 7.50. The summed E-state index contributed by atoms with van der Waals surface area (Å²) < 4.78 is 6.86. The molecular formula is C20H28N2O4. The summed E-state index contributed by atoms with van der Waals surface area (Å²) in [7, 11) is 1.77. The van der Waals surface area contributed by atoms with Gasteiger partial charge < -0.3 is 14.2 Å². The maximum Gasteiger partial charge on any atom is 0.355 e. The van der Waals surface area contributed by atoms with E-state index < -0.39 is 12.0 Å². The molecule has 1 aromatic rings. The molecular weight excluding hydrogens is 332 g/mol. The van der Waals surface area contributed by atoms with Crippen LogP contribution in [0.25, 0.3) is 0 Å². The first-order valence-electron chi connectivity index (χ1n) is 9.48. The van der Waals surface area contributed by atoms with Crippen molar-refractivity contribution in [1.29, 1.82) is 0 Å². The molecule has 26 heavy (non-hydrogen) atoms. The number of ether oxygens (including phenoxy) is 1. The standard InChI is InChI=1S/C20H28N2O4/c1-6-26-20(25)17-11(2)16(12(3)21(17)5)18(23)13(4)22(15-9-10-15)19(24)14-7-8-14/h13-15H,6-10H2,1-5H3. The number of rotatable bonds is 7. The number of carbonyl (C=O) groups is 3. The molecule has 142 valence electrons. The Hall–Kier alpha value is -2.11. The van der Waals surface area contributed by atoms with Gasteiger partial charge in [-0.25, -0.2) is 4.79 Å². The van der Waals surface area contributed by atoms with Crippen molar-refractivity contribution in [3.05, 3.63) is 22.5 Å². The van der Waals surface area contributed by atoms with Gasteiger partial charge in [-0.1, -0.05) is 0 Å². The minimum absolute atomic E-state index is 0.0907. The molecule has 1 heterocycles. The van der Waals surface area contributed by atoms with E-state index in [1.165, 1.54) is 0 Å². The van der Waals surface area contributed by atoms with Crippen LogP contribution in [0.4, 0.5) is 0 Å². The van der Waals surface area contributed by atoms with E-state index in [9.17, 15) is 14.4 Å². The first-order chi connectivity index (χ1) is 12.3. The summed E-state index contributed by atoms with van der Waals surface area (Å²) >= 11 is 0.